The highest BCUT2D eigenvalue weighted by Crippen LogP contribution is 2.26. The quantitative estimate of drug-likeness (QED) is 0.477. The van der Waals surface area contributed by atoms with Crippen molar-refractivity contribution in [3.8, 4) is 0 Å². The Balaban J connectivity index is 4.17. The van der Waals surface area contributed by atoms with Crippen LogP contribution in [0.2, 0.25) is 0 Å². The van der Waals surface area contributed by atoms with Crippen LogP contribution < -0.4 is 0 Å². The molecule has 3 heteroatoms. The van der Waals surface area contributed by atoms with Crippen LogP contribution in [0, 0.1) is 0 Å². The van der Waals surface area contributed by atoms with Gasteiger partial charge >= 0.3 is 0 Å². The lowest BCUT2D eigenvalue weighted by atomic mass is 10.3. The Kier molecular flexibility index (Phi) is 3.52. The molecule has 0 fully saturated rings. The SMILES string of the molecule is C=C(C)C=C(C)[PH](=O)O. The van der Waals surface area contributed by atoms with Crippen LogP contribution in [-0.4, -0.2) is 4.89 Å². The van der Waals surface area contributed by atoms with Crippen molar-refractivity contribution in [2.45, 2.75) is 13.8 Å². The van der Waals surface area contributed by atoms with E-state index in [0.717, 1.165) is 5.57 Å². The van der Waals surface area contributed by atoms with Gasteiger partial charge in [-0.15, -0.1) is 0 Å². The fraction of sp³-hybridized carbons (Fsp3) is 0.333. The second-order valence-corrected chi connectivity index (χ2v) is 3.38. The first kappa shape index (κ1) is 8.67. The fourth-order valence-corrected chi connectivity index (χ4v) is 0.801. The lowest BCUT2D eigenvalue weighted by molar-refractivity contribution is 0.509. The average Bonchev–Trinajstić information content (AvgIpc) is 1.63. The zero-order valence-electron chi connectivity index (χ0n) is 5.64. The Morgan fingerprint density at radius 1 is 1.67 bits per heavy atom. The molecule has 0 spiro atoms. The van der Waals surface area contributed by atoms with Gasteiger partial charge in [0.1, 0.15) is 0 Å². The second kappa shape index (κ2) is 3.65. The summed E-state index contributed by atoms with van der Waals surface area (Å²) in [6.45, 7) is 6.97. The molecule has 0 aromatic carbocycles. The Bertz CT molecular complexity index is 170. The lowest BCUT2D eigenvalue weighted by Crippen LogP contribution is -1.67. The van der Waals surface area contributed by atoms with Crippen molar-refractivity contribution in [1.82, 2.24) is 0 Å². The molecule has 0 radical (unpaired) electrons. The van der Waals surface area contributed by atoms with Crippen LogP contribution >= 0.6 is 8.03 Å². The molecular formula is C6H11O2P. The van der Waals surface area contributed by atoms with E-state index in [2.05, 4.69) is 6.58 Å². The predicted octanol–water partition coefficient (Wildman–Crippen LogP) is 1.93. The third-order valence-corrected chi connectivity index (χ3v) is 1.62. The summed E-state index contributed by atoms with van der Waals surface area (Å²) in [6, 6.07) is 0. The van der Waals surface area contributed by atoms with Gasteiger partial charge in [0.2, 0.25) is 8.03 Å². The minimum Gasteiger partial charge on any atom is -0.343 e. The predicted molar refractivity (Wildman–Crippen MR) is 39.8 cm³/mol. The molecule has 2 nitrogen and oxygen atoms in total. The summed E-state index contributed by atoms with van der Waals surface area (Å²) in [6.07, 6.45) is 1.61. The number of hydrogen-bond acceptors (Lipinski definition) is 1. The molecule has 0 bridgehead atoms. The highest BCUT2D eigenvalue weighted by atomic mass is 31.1. The van der Waals surface area contributed by atoms with E-state index in [1.54, 1.807) is 19.9 Å². The van der Waals surface area contributed by atoms with Crippen molar-refractivity contribution in [2.24, 2.45) is 0 Å². The maximum absolute atomic E-state index is 10.3. The monoisotopic (exact) mass is 146 g/mol. The van der Waals surface area contributed by atoms with Crippen LogP contribution in [0.25, 0.3) is 0 Å². The van der Waals surface area contributed by atoms with Gasteiger partial charge in [-0.1, -0.05) is 18.2 Å². The molecular weight excluding hydrogens is 135 g/mol. The Labute approximate surface area is 55.8 Å². The molecule has 1 atom stereocenters. The van der Waals surface area contributed by atoms with Gasteiger partial charge < -0.3 is 4.89 Å². The van der Waals surface area contributed by atoms with Crippen molar-refractivity contribution in [2.75, 3.05) is 0 Å². The van der Waals surface area contributed by atoms with E-state index < -0.39 is 8.03 Å². The molecule has 0 aliphatic carbocycles. The smallest absolute Gasteiger partial charge is 0.213 e. The highest BCUT2D eigenvalue weighted by molar-refractivity contribution is 7.43. The molecule has 0 aliphatic rings. The fourth-order valence-electron chi connectivity index (χ4n) is 0.431. The molecule has 0 saturated heterocycles. The zero-order chi connectivity index (χ0) is 7.44. The first-order valence-corrected chi connectivity index (χ1v) is 3.96. The summed E-state index contributed by atoms with van der Waals surface area (Å²) >= 11 is 0. The third-order valence-electron chi connectivity index (χ3n) is 0.800. The Morgan fingerprint density at radius 2 is 2.11 bits per heavy atom. The summed E-state index contributed by atoms with van der Waals surface area (Å²) < 4.78 is 10.3. The third kappa shape index (κ3) is 4.19. The van der Waals surface area contributed by atoms with Gasteiger partial charge in [0.15, 0.2) is 0 Å². The normalized spacial score (nSPS) is 15.2. The maximum atomic E-state index is 10.3. The van der Waals surface area contributed by atoms with E-state index in [9.17, 15) is 4.57 Å². The largest absolute Gasteiger partial charge is 0.343 e. The van der Waals surface area contributed by atoms with Crippen LogP contribution in [0.3, 0.4) is 0 Å². The molecule has 0 saturated carbocycles. The van der Waals surface area contributed by atoms with Crippen LogP contribution in [-0.2, 0) is 4.57 Å². The van der Waals surface area contributed by atoms with Crippen molar-refractivity contribution in [3.63, 3.8) is 0 Å². The van der Waals surface area contributed by atoms with Crippen molar-refractivity contribution in [3.05, 3.63) is 23.5 Å². The minimum atomic E-state index is -2.46. The molecule has 1 unspecified atom stereocenters. The summed E-state index contributed by atoms with van der Waals surface area (Å²) in [5.74, 6) is 0. The molecule has 0 aliphatic heterocycles. The van der Waals surface area contributed by atoms with Gasteiger partial charge in [-0.2, -0.15) is 0 Å². The minimum absolute atomic E-state index is 0.507. The van der Waals surface area contributed by atoms with E-state index in [1.165, 1.54) is 0 Å². The maximum Gasteiger partial charge on any atom is 0.213 e. The van der Waals surface area contributed by atoms with Crippen molar-refractivity contribution < 1.29 is 9.46 Å². The van der Waals surface area contributed by atoms with Crippen LogP contribution in [0.5, 0.6) is 0 Å². The standard InChI is InChI=1S/C6H11O2P/c1-5(2)4-6(3)9(7)8/h4,9H,1H2,2-3H3,(H,7,8). The number of rotatable bonds is 2. The highest BCUT2D eigenvalue weighted by Gasteiger charge is 1.92. The number of hydrogen-bond donors (Lipinski definition) is 1. The van der Waals surface area contributed by atoms with Crippen molar-refractivity contribution in [1.29, 1.82) is 0 Å². The zero-order valence-corrected chi connectivity index (χ0v) is 6.64. The molecule has 0 aromatic rings. The Hall–Kier alpha value is -0.330. The van der Waals surface area contributed by atoms with Gasteiger partial charge in [0.25, 0.3) is 0 Å². The van der Waals surface area contributed by atoms with E-state index in [0.29, 0.717) is 5.31 Å². The van der Waals surface area contributed by atoms with Gasteiger partial charge in [-0.25, -0.2) is 0 Å². The first-order valence-electron chi connectivity index (χ1n) is 2.61. The summed E-state index contributed by atoms with van der Waals surface area (Å²) in [7, 11) is -2.46. The average molecular weight is 146 g/mol. The molecule has 0 amide bonds. The van der Waals surface area contributed by atoms with Gasteiger partial charge in [0, 0.05) is 5.31 Å². The summed E-state index contributed by atoms with van der Waals surface area (Å²) in [5, 5.41) is 0.507. The second-order valence-electron chi connectivity index (χ2n) is 1.98. The van der Waals surface area contributed by atoms with E-state index in [4.69, 9.17) is 4.89 Å². The number of allylic oxidation sites excluding steroid dienone is 3. The molecule has 9 heavy (non-hydrogen) atoms. The topological polar surface area (TPSA) is 37.3 Å². The van der Waals surface area contributed by atoms with Gasteiger partial charge in [0.05, 0.1) is 0 Å². The molecule has 0 aromatic heterocycles. The first-order chi connectivity index (χ1) is 4.04. The van der Waals surface area contributed by atoms with Crippen LogP contribution in [0.1, 0.15) is 13.8 Å². The summed E-state index contributed by atoms with van der Waals surface area (Å²) in [4.78, 5) is 8.51. The van der Waals surface area contributed by atoms with E-state index in [-0.39, 0.29) is 0 Å². The lowest BCUT2D eigenvalue weighted by Gasteiger charge is -1.91. The molecule has 1 N–H and O–H groups in total. The molecule has 0 heterocycles. The van der Waals surface area contributed by atoms with E-state index in [1.807, 2.05) is 0 Å². The molecule has 52 valence electrons. The summed E-state index contributed by atoms with van der Waals surface area (Å²) in [5.41, 5.74) is 0.805. The van der Waals surface area contributed by atoms with Gasteiger partial charge in [-0.3, -0.25) is 4.57 Å². The van der Waals surface area contributed by atoms with E-state index >= 15 is 0 Å². The molecule has 0 rings (SSSR count). The Morgan fingerprint density at radius 3 is 2.22 bits per heavy atom. The van der Waals surface area contributed by atoms with Crippen LogP contribution in [0.4, 0.5) is 0 Å². The van der Waals surface area contributed by atoms with Gasteiger partial charge in [-0.05, 0) is 13.8 Å². The van der Waals surface area contributed by atoms with Crippen molar-refractivity contribution >= 4 is 8.03 Å². The van der Waals surface area contributed by atoms with Crippen LogP contribution in [0.15, 0.2) is 23.5 Å².